The van der Waals surface area contributed by atoms with E-state index in [4.69, 9.17) is 0 Å². The minimum Gasteiger partial charge on any atom is -0.354 e. The molecular formula is C18H24N2O2. The summed E-state index contributed by atoms with van der Waals surface area (Å²) in [5.74, 6) is 0.218. The minimum atomic E-state index is -0.382. The molecule has 1 aromatic rings. The summed E-state index contributed by atoms with van der Waals surface area (Å²) in [5, 5.41) is 3.04. The van der Waals surface area contributed by atoms with Crippen LogP contribution in [0.2, 0.25) is 0 Å². The fourth-order valence-corrected chi connectivity index (χ4v) is 4.04. The minimum absolute atomic E-state index is 0.0271. The zero-order valence-electron chi connectivity index (χ0n) is 13.2. The van der Waals surface area contributed by atoms with Gasteiger partial charge in [0, 0.05) is 13.1 Å². The molecule has 1 saturated carbocycles. The first-order valence-electron chi connectivity index (χ1n) is 8.32. The van der Waals surface area contributed by atoms with Crippen LogP contribution in [0.3, 0.4) is 0 Å². The zero-order valence-corrected chi connectivity index (χ0v) is 13.2. The molecule has 2 fully saturated rings. The smallest absolute Gasteiger partial charge is 0.243 e. The Kier molecular flexibility index (Phi) is 4.19. The Morgan fingerprint density at radius 1 is 1.27 bits per heavy atom. The molecule has 0 bridgehead atoms. The van der Waals surface area contributed by atoms with Gasteiger partial charge in [0.25, 0.3) is 0 Å². The fraction of sp³-hybridized carbons (Fsp3) is 0.556. The number of likely N-dealkylation sites (N-methyl/N-ethyl adjacent to an activating group) is 1. The number of likely N-dealkylation sites (tertiary alicyclic amines) is 1. The summed E-state index contributed by atoms with van der Waals surface area (Å²) in [6, 6.07) is 9.89. The lowest BCUT2D eigenvalue weighted by atomic mass is 9.68. The van der Waals surface area contributed by atoms with E-state index in [1.807, 2.05) is 25.1 Å². The molecule has 1 N–H and O–H groups in total. The van der Waals surface area contributed by atoms with Gasteiger partial charge in [-0.2, -0.15) is 0 Å². The van der Waals surface area contributed by atoms with Crippen LogP contribution in [0.15, 0.2) is 30.3 Å². The van der Waals surface area contributed by atoms with Crippen molar-refractivity contribution in [3.05, 3.63) is 35.9 Å². The summed E-state index contributed by atoms with van der Waals surface area (Å²) in [6.07, 6.45) is 4.71. The predicted molar refractivity (Wildman–Crippen MR) is 85.2 cm³/mol. The Bertz CT molecular complexity index is 549. The van der Waals surface area contributed by atoms with Gasteiger partial charge in [0.15, 0.2) is 0 Å². The number of benzene rings is 1. The first-order valence-corrected chi connectivity index (χ1v) is 8.32. The van der Waals surface area contributed by atoms with Crippen molar-refractivity contribution >= 4 is 11.8 Å². The molecule has 2 amide bonds. The van der Waals surface area contributed by atoms with Crippen LogP contribution in [-0.2, 0) is 16.0 Å². The molecule has 0 aromatic heterocycles. The van der Waals surface area contributed by atoms with Crippen LogP contribution < -0.4 is 5.32 Å². The molecule has 2 aliphatic rings. The highest BCUT2D eigenvalue weighted by Gasteiger charge is 2.63. The van der Waals surface area contributed by atoms with E-state index in [1.54, 1.807) is 4.90 Å². The van der Waals surface area contributed by atoms with Gasteiger partial charge in [-0.1, -0.05) is 43.2 Å². The number of rotatable bonds is 5. The van der Waals surface area contributed by atoms with E-state index in [-0.39, 0.29) is 23.3 Å². The van der Waals surface area contributed by atoms with E-state index in [2.05, 4.69) is 17.4 Å². The van der Waals surface area contributed by atoms with E-state index in [9.17, 15) is 9.59 Å². The SMILES string of the molecule is CCN1C(=O)C2(CCCC2)C1C(=O)NCCc1ccccc1. The largest absolute Gasteiger partial charge is 0.354 e. The number of nitrogens with zero attached hydrogens (tertiary/aromatic N) is 1. The molecule has 1 aliphatic carbocycles. The highest BCUT2D eigenvalue weighted by molar-refractivity contribution is 6.02. The third-order valence-corrected chi connectivity index (χ3v) is 5.16. The monoisotopic (exact) mass is 300 g/mol. The van der Waals surface area contributed by atoms with Crippen LogP contribution in [0.25, 0.3) is 0 Å². The van der Waals surface area contributed by atoms with Crippen molar-refractivity contribution in [2.45, 2.75) is 45.1 Å². The van der Waals surface area contributed by atoms with Crippen molar-refractivity contribution in [2.75, 3.05) is 13.1 Å². The van der Waals surface area contributed by atoms with Crippen LogP contribution in [0, 0.1) is 5.41 Å². The number of β-lactam (4-membered cyclic amide) rings is 1. The van der Waals surface area contributed by atoms with Gasteiger partial charge >= 0.3 is 0 Å². The molecule has 1 unspecified atom stereocenters. The van der Waals surface area contributed by atoms with E-state index in [0.717, 1.165) is 32.1 Å². The van der Waals surface area contributed by atoms with E-state index < -0.39 is 0 Å². The van der Waals surface area contributed by atoms with Gasteiger partial charge in [0.2, 0.25) is 11.8 Å². The maximum Gasteiger partial charge on any atom is 0.243 e. The predicted octanol–water partition coefficient (Wildman–Crippen LogP) is 2.14. The third kappa shape index (κ3) is 2.40. The second-order valence-electron chi connectivity index (χ2n) is 6.38. The van der Waals surface area contributed by atoms with Gasteiger partial charge in [-0.15, -0.1) is 0 Å². The van der Waals surface area contributed by atoms with Crippen molar-refractivity contribution in [3.63, 3.8) is 0 Å². The quantitative estimate of drug-likeness (QED) is 0.847. The number of hydrogen-bond donors (Lipinski definition) is 1. The molecular weight excluding hydrogens is 276 g/mol. The summed E-state index contributed by atoms with van der Waals surface area (Å²) < 4.78 is 0. The van der Waals surface area contributed by atoms with Gasteiger partial charge in [0.05, 0.1) is 5.41 Å². The average molecular weight is 300 g/mol. The van der Waals surface area contributed by atoms with Crippen molar-refractivity contribution in [2.24, 2.45) is 5.41 Å². The number of amides is 2. The van der Waals surface area contributed by atoms with Crippen molar-refractivity contribution in [1.82, 2.24) is 10.2 Å². The lowest BCUT2D eigenvalue weighted by Gasteiger charge is -2.53. The zero-order chi connectivity index (χ0) is 15.6. The molecule has 1 spiro atoms. The number of carbonyl (C=O) groups is 2. The second-order valence-corrected chi connectivity index (χ2v) is 6.38. The Balaban J connectivity index is 1.59. The molecule has 118 valence electrons. The maximum absolute atomic E-state index is 12.6. The van der Waals surface area contributed by atoms with Crippen LogP contribution in [-0.4, -0.2) is 35.8 Å². The Morgan fingerprint density at radius 2 is 1.95 bits per heavy atom. The lowest BCUT2D eigenvalue weighted by molar-refractivity contribution is -0.176. The Hall–Kier alpha value is -1.84. The normalized spacial score (nSPS) is 22.7. The number of nitrogens with one attached hydrogen (secondary N) is 1. The molecule has 22 heavy (non-hydrogen) atoms. The molecule has 1 aliphatic heterocycles. The first kappa shape index (κ1) is 15.1. The molecule has 1 atom stereocenters. The fourth-order valence-electron chi connectivity index (χ4n) is 4.04. The highest BCUT2D eigenvalue weighted by atomic mass is 16.2. The van der Waals surface area contributed by atoms with E-state index in [0.29, 0.717) is 13.1 Å². The summed E-state index contributed by atoms with van der Waals surface area (Å²) >= 11 is 0. The molecule has 3 rings (SSSR count). The number of hydrogen-bond acceptors (Lipinski definition) is 2. The van der Waals surface area contributed by atoms with Crippen LogP contribution in [0.5, 0.6) is 0 Å². The topological polar surface area (TPSA) is 49.4 Å². The second kappa shape index (κ2) is 6.11. The van der Waals surface area contributed by atoms with Gasteiger partial charge in [0.1, 0.15) is 6.04 Å². The van der Waals surface area contributed by atoms with E-state index in [1.165, 1.54) is 5.56 Å². The van der Waals surface area contributed by atoms with Gasteiger partial charge in [-0.25, -0.2) is 0 Å². The molecule has 1 heterocycles. The average Bonchev–Trinajstić information content (AvgIpc) is 3.04. The Morgan fingerprint density at radius 3 is 2.59 bits per heavy atom. The molecule has 4 heteroatoms. The van der Waals surface area contributed by atoms with Crippen molar-refractivity contribution < 1.29 is 9.59 Å². The van der Waals surface area contributed by atoms with Crippen molar-refractivity contribution in [3.8, 4) is 0 Å². The highest BCUT2D eigenvalue weighted by Crippen LogP contribution is 2.51. The summed E-state index contributed by atoms with van der Waals surface area (Å²) in [7, 11) is 0. The summed E-state index contributed by atoms with van der Waals surface area (Å²) in [5.41, 5.74) is 0.836. The van der Waals surface area contributed by atoms with Crippen molar-refractivity contribution in [1.29, 1.82) is 0 Å². The van der Waals surface area contributed by atoms with E-state index >= 15 is 0 Å². The lowest BCUT2D eigenvalue weighted by Crippen LogP contribution is -2.72. The summed E-state index contributed by atoms with van der Waals surface area (Å²) in [6.45, 7) is 3.20. The van der Waals surface area contributed by atoms with Gasteiger partial charge in [-0.3, -0.25) is 9.59 Å². The Labute approximate surface area is 131 Å². The van der Waals surface area contributed by atoms with Gasteiger partial charge < -0.3 is 10.2 Å². The van der Waals surface area contributed by atoms with Gasteiger partial charge in [-0.05, 0) is 31.7 Å². The van der Waals surface area contributed by atoms with Crippen LogP contribution in [0.1, 0.15) is 38.2 Å². The third-order valence-electron chi connectivity index (χ3n) is 5.16. The maximum atomic E-state index is 12.6. The summed E-state index contributed by atoms with van der Waals surface area (Å²) in [4.78, 5) is 26.7. The first-order chi connectivity index (χ1) is 10.7. The molecule has 1 saturated heterocycles. The molecule has 0 radical (unpaired) electrons. The molecule has 1 aromatic carbocycles. The number of carbonyl (C=O) groups excluding carboxylic acids is 2. The standard InChI is InChI=1S/C18H24N2O2/c1-2-20-15(18(17(20)22)11-6-7-12-18)16(21)19-13-10-14-8-4-3-5-9-14/h3-5,8-9,15H,2,6-7,10-13H2,1H3,(H,19,21). The van der Waals surface area contributed by atoms with Crippen LogP contribution >= 0.6 is 0 Å². The molecule has 4 nitrogen and oxygen atoms in total. The van der Waals surface area contributed by atoms with Crippen LogP contribution in [0.4, 0.5) is 0 Å².